The summed E-state index contributed by atoms with van der Waals surface area (Å²) in [5.41, 5.74) is 7.29. The quantitative estimate of drug-likeness (QED) is 0.845. The van der Waals surface area contributed by atoms with Crippen molar-refractivity contribution in [1.29, 1.82) is 0 Å². The SMILES string of the molecule is COC[C@H]1CC[C@H](N2CCC(N3Cc4cccc(C(N)=O)c4C3=O)CC2)CC1. The fraction of sp³-hybridized carbons (Fsp3) is 0.636. The summed E-state index contributed by atoms with van der Waals surface area (Å²) >= 11 is 0. The fourth-order valence-corrected chi connectivity index (χ4v) is 5.36. The second-order valence-electron chi connectivity index (χ2n) is 8.53. The molecule has 1 saturated heterocycles. The molecule has 1 aromatic carbocycles. The first-order valence-corrected chi connectivity index (χ1v) is 10.5. The number of primary amides is 1. The number of methoxy groups -OCH3 is 1. The van der Waals surface area contributed by atoms with Crippen molar-refractivity contribution in [3.63, 3.8) is 0 Å². The molecule has 2 N–H and O–H groups in total. The molecule has 0 unspecified atom stereocenters. The molecule has 4 rings (SSSR count). The van der Waals surface area contributed by atoms with E-state index in [1.807, 2.05) is 17.0 Å². The fourth-order valence-electron chi connectivity index (χ4n) is 5.36. The molecule has 2 amide bonds. The van der Waals surface area contributed by atoms with E-state index in [-0.39, 0.29) is 11.9 Å². The molecule has 2 fully saturated rings. The third-order valence-electron chi connectivity index (χ3n) is 6.91. The second kappa shape index (κ2) is 8.21. The van der Waals surface area contributed by atoms with Crippen molar-refractivity contribution < 1.29 is 14.3 Å². The first-order valence-electron chi connectivity index (χ1n) is 10.5. The zero-order valence-electron chi connectivity index (χ0n) is 16.7. The van der Waals surface area contributed by atoms with Crippen molar-refractivity contribution in [2.45, 2.75) is 57.2 Å². The molecule has 6 nitrogen and oxygen atoms in total. The average molecular weight is 386 g/mol. The summed E-state index contributed by atoms with van der Waals surface area (Å²) in [7, 11) is 1.79. The third kappa shape index (κ3) is 3.67. The Labute approximate surface area is 167 Å². The smallest absolute Gasteiger partial charge is 0.255 e. The van der Waals surface area contributed by atoms with Crippen LogP contribution in [0.15, 0.2) is 18.2 Å². The number of piperidine rings is 1. The van der Waals surface area contributed by atoms with Gasteiger partial charge in [-0.3, -0.25) is 9.59 Å². The minimum atomic E-state index is -0.522. The number of fused-ring (bicyclic) bond motifs is 1. The standard InChI is InChI=1S/C22H31N3O3/c1-28-14-15-5-7-17(8-6-15)24-11-9-18(10-12-24)25-13-16-3-2-4-19(21(23)26)20(16)22(25)27/h2-4,15,17-18H,5-14H2,1H3,(H2,23,26)/t15-,17-. The molecular weight excluding hydrogens is 354 g/mol. The van der Waals surface area contributed by atoms with Gasteiger partial charge in [0.2, 0.25) is 5.91 Å². The van der Waals surface area contributed by atoms with E-state index in [9.17, 15) is 9.59 Å². The lowest BCUT2D eigenvalue weighted by atomic mass is 9.85. The van der Waals surface area contributed by atoms with Gasteiger partial charge in [-0.1, -0.05) is 12.1 Å². The van der Waals surface area contributed by atoms with E-state index >= 15 is 0 Å². The molecule has 0 spiro atoms. The van der Waals surface area contributed by atoms with Crippen LogP contribution in [0.25, 0.3) is 0 Å². The Balaban J connectivity index is 1.34. The van der Waals surface area contributed by atoms with Crippen molar-refractivity contribution in [1.82, 2.24) is 9.80 Å². The molecule has 0 radical (unpaired) electrons. The van der Waals surface area contributed by atoms with Gasteiger partial charge in [-0.25, -0.2) is 0 Å². The number of benzene rings is 1. The van der Waals surface area contributed by atoms with Gasteiger partial charge in [-0.2, -0.15) is 0 Å². The highest BCUT2D eigenvalue weighted by Gasteiger charge is 2.37. The van der Waals surface area contributed by atoms with Crippen LogP contribution in [0.3, 0.4) is 0 Å². The van der Waals surface area contributed by atoms with E-state index in [2.05, 4.69) is 4.90 Å². The van der Waals surface area contributed by atoms with Gasteiger partial charge >= 0.3 is 0 Å². The van der Waals surface area contributed by atoms with Gasteiger partial charge in [0.05, 0.1) is 11.1 Å². The van der Waals surface area contributed by atoms with Gasteiger partial charge in [-0.05, 0) is 56.1 Å². The van der Waals surface area contributed by atoms with Crippen LogP contribution < -0.4 is 5.73 Å². The largest absolute Gasteiger partial charge is 0.384 e. The highest BCUT2D eigenvalue weighted by atomic mass is 16.5. The number of nitrogens with zero attached hydrogens (tertiary/aromatic N) is 2. The lowest BCUT2D eigenvalue weighted by Crippen LogP contribution is -2.49. The van der Waals surface area contributed by atoms with Gasteiger partial charge in [0.25, 0.3) is 5.91 Å². The summed E-state index contributed by atoms with van der Waals surface area (Å²) in [6, 6.07) is 6.35. The Morgan fingerprint density at radius 1 is 1.11 bits per heavy atom. The molecule has 0 bridgehead atoms. The number of hydrogen-bond donors (Lipinski definition) is 1. The Morgan fingerprint density at radius 2 is 1.82 bits per heavy atom. The van der Waals surface area contributed by atoms with E-state index in [1.54, 1.807) is 13.2 Å². The molecule has 1 aliphatic carbocycles. The summed E-state index contributed by atoms with van der Waals surface area (Å²) in [6.45, 7) is 3.59. The van der Waals surface area contributed by atoms with Crippen LogP contribution in [-0.4, -0.2) is 60.5 Å². The van der Waals surface area contributed by atoms with Gasteiger partial charge in [0.15, 0.2) is 0 Å². The topological polar surface area (TPSA) is 75.9 Å². The molecular formula is C22H31N3O3. The minimum absolute atomic E-state index is 0.0251. The molecule has 152 valence electrons. The van der Waals surface area contributed by atoms with Crippen LogP contribution in [-0.2, 0) is 11.3 Å². The Morgan fingerprint density at radius 3 is 2.46 bits per heavy atom. The first-order chi connectivity index (χ1) is 13.6. The Bertz CT molecular complexity index is 735. The van der Waals surface area contributed by atoms with E-state index in [0.717, 1.165) is 44.0 Å². The van der Waals surface area contributed by atoms with Crippen LogP contribution in [0.2, 0.25) is 0 Å². The van der Waals surface area contributed by atoms with E-state index in [1.165, 1.54) is 25.7 Å². The Kier molecular flexibility index (Phi) is 5.69. The van der Waals surface area contributed by atoms with Crippen molar-refractivity contribution in [3.05, 3.63) is 34.9 Å². The number of amides is 2. The maximum atomic E-state index is 13.0. The van der Waals surface area contributed by atoms with E-state index < -0.39 is 5.91 Å². The second-order valence-corrected chi connectivity index (χ2v) is 8.53. The molecule has 0 atom stereocenters. The number of likely N-dealkylation sites (tertiary alicyclic amines) is 1. The maximum Gasteiger partial charge on any atom is 0.255 e. The van der Waals surface area contributed by atoms with Gasteiger partial charge < -0.3 is 20.3 Å². The molecule has 28 heavy (non-hydrogen) atoms. The summed E-state index contributed by atoms with van der Waals surface area (Å²) in [5, 5.41) is 0. The van der Waals surface area contributed by atoms with Crippen molar-refractivity contribution in [2.24, 2.45) is 11.7 Å². The summed E-state index contributed by atoms with van der Waals surface area (Å²) in [5.74, 6) is 0.174. The highest BCUT2D eigenvalue weighted by molar-refractivity contribution is 6.09. The monoisotopic (exact) mass is 385 g/mol. The molecule has 0 aromatic heterocycles. The molecule has 6 heteroatoms. The zero-order valence-corrected chi connectivity index (χ0v) is 16.7. The number of ether oxygens (including phenoxy) is 1. The average Bonchev–Trinajstić information content (AvgIpc) is 3.06. The summed E-state index contributed by atoms with van der Waals surface area (Å²) in [6.07, 6.45) is 7.04. The van der Waals surface area contributed by atoms with Crippen LogP contribution in [0.5, 0.6) is 0 Å². The van der Waals surface area contributed by atoms with Crippen LogP contribution in [0.4, 0.5) is 0 Å². The van der Waals surface area contributed by atoms with E-state index in [0.29, 0.717) is 23.7 Å². The lowest BCUT2D eigenvalue weighted by molar-refractivity contribution is 0.0435. The number of nitrogens with two attached hydrogens (primary N) is 1. The van der Waals surface area contributed by atoms with Gasteiger partial charge in [0.1, 0.15) is 0 Å². The predicted molar refractivity (Wildman–Crippen MR) is 107 cm³/mol. The van der Waals surface area contributed by atoms with Gasteiger partial charge in [-0.15, -0.1) is 0 Å². The number of carbonyl (C=O) groups is 2. The maximum absolute atomic E-state index is 13.0. The van der Waals surface area contributed by atoms with E-state index in [4.69, 9.17) is 10.5 Å². The van der Waals surface area contributed by atoms with Crippen molar-refractivity contribution in [2.75, 3.05) is 26.8 Å². The van der Waals surface area contributed by atoms with Crippen molar-refractivity contribution in [3.8, 4) is 0 Å². The summed E-state index contributed by atoms with van der Waals surface area (Å²) < 4.78 is 5.31. The summed E-state index contributed by atoms with van der Waals surface area (Å²) in [4.78, 5) is 29.3. The first kappa shape index (κ1) is 19.4. The van der Waals surface area contributed by atoms with Crippen LogP contribution in [0, 0.1) is 5.92 Å². The van der Waals surface area contributed by atoms with Crippen LogP contribution >= 0.6 is 0 Å². The normalized spacial score (nSPS) is 26.5. The predicted octanol–water partition coefficient (Wildman–Crippen LogP) is 2.41. The third-order valence-corrected chi connectivity index (χ3v) is 6.91. The highest BCUT2D eigenvalue weighted by Crippen LogP contribution is 2.33. The molecule has 1 aromatic rings. The van der Waals surface area contributed by atoms with Crippen LogP contribution in [0.1, 0.15) is 64.8 Å². The lowest BCUT2D eigenvalue weighted by Gasteiger charge is -2.42. The molecule has 1 saturated carbocycles. The Hall–Kier alpha value is -1.92. The van der Waals surface area contributed by atoms with Gasteiger partial charge in [0, 0.05) is 45.4 Å². The zero-order chi connectivity index (χ0) is 19.7. The number of hydrogen-bond acceptors (Lipinski definition) is 4. The minimum Gasteiger partial charge on any atom is -0.384 e. The number of rotatable bonds is 5. The van der Waals surface area contributed by atoms with Crippen molar-refractivity contribution >= 4 is 11.8 Å². The molecule has 3 aliphatic rings. The molecule has 2 aliphatic heterocycles. The molecule has 2 heterocycles. The number of carbonyl (C=O) groups excluding carboxylic acids is 2.